The molecular formula is C19H24N2O. The second kappa shape index (κ2) is 7.64. The molecule has 0 heterocycles. The molecular weight excluding hydrogens is 272 g/mol. The highest BCUT2D eigenvalue weighted by Gasteiger charge is 2.13. The minimum Gasteiger partial charge on any atom is -0.341 e. The first-order valence-corrected chi connectivity index (χ1v) is 7.69. The number of carbonyl (C=O) groups excluding carboxylic acids is 1. The summed E-state index contributed by atoms with van der Waals surface area (Å²) < 4.78 is 0. The fourth-order valence-corrected chi connectivity index (χ4v) is 2.39. The maximum Gasteiger partial charge on any atom is 0.317 e. The first kappa shape index (κ1) is 16.1. The van der Waals surface area contributed by atoms with Crippen LogP contribution in [-0.2, 0) is 13.1 Å². The fraction of sp³-hybridized carbons (Fsp3) is 0.316. The molecule has 0 unspecified atom stereocenters. The number of carbonyl (C=O) groups is 1. The Balaban J connectivity index is 2.11. The highest BCUT2D eigenvalue weighted by atomic mass is 16.2. The van der Waals surface area contributed by atoms with Crippen LogP contribution < -0.4 is 5.32 Å². The molecule has 2 amide bonds. The summed E-state index contributed by atoms with van der Waals surface area (Å²) in [5.41, 5.74) is 3.59. The molecule has 0 fully saturated rings. The monoisotopic (exact) mass is 296 g/mol. The number of urea groups is 1. The number of nitrogens with zero attached hydrogens (tertiary/aromatic N) is 1. The van der Waals surface area contributed by atoms with E-state index in [-0.39, 0.29) is 6.03 Å². The van der Waals surface area contributed by atoms with Crippen LogP contribution in [0.5, 0.6) is 0 Å². The van der Waals surface area contributed by atoms with E-state index in [4.69, 9.17) is 0 Å². The van der Waals surface area contributed by atoms with Gasteiger partial charge < -0.3 is 10.2 Å². The van der Waals surface area contributed by atoms with Crippen LogP contribution in [0.25, 0.3) is 0 Å². The number of hydrogen-bond acceptors (Lipinski definition) is 1. The van der Waals surface area contributed by atoms with Gasteiger partial charge >= 0.3 is 6.03 Å². The molecule has 0 saturated carbocycles. The van der Waals surface area contributed by atoms with Gasteiger partial charge in [0, 0.05) is 20.1 Å². The summed E-state index contributed by atoms with van der Waals surface area (Å²) in [4.78, 5) is 13.9. The fourth-order valence-electron chi connectivity index (χ4n) is 2.39. The maximum absolute atomic E-state index is 12.1. The Morgan fingerprint density at radius 1 is 0.955 bits per heavy atom. The standard InChI is InChI=1S/C19H24N2O/c1-15(2)18-11-9-17(10-12-18)14-21(19(22)20-3)13-16-7-5-4-6-8-16/h4-12,15H,13-14H2,1-3H3,(H,20,22). The summed E-state index contributed by atoms with van der Waals surface area (Å²) in [6.45, 7) is 5.57. The lowest BCUT2D eigenvalue weighted by atomic mass is 10.0. The summed E-state index contributed by atoms with van der Waals surface area (Å²) in [6.07, 6.45) is 0. The highest BCUT2D eigenvalue weighted by Crippen LogP contribution is 2.16. The predicted molar refractivity (Wildman–Crippen MR) is 90.7 cm³/mol. The van der Waals surface area contributed by atoms with Crippen LogP contribution in [0.4, 0.5) is 4.79 Å². The second-order valence-electron chi connectivity index (χ2n) is 5.79. The van der Waals surface area contributed by atoms with E-state index in [1.54, 1.807) is 7.05 Å². The minimum atomic E-state index is -0.0585. The molecule has 0 spiro atoms. The van der Waals surface area contributed by atoms with Crippen LogP contribution in [0, 0.1) is 0 Å². The van der Waals surface area contributed by atoms with Crippen LogP contribution >= 0.6 is 0 Å². The van der Waals surface area contributed by atoms with E-state index in [1.807, 2.05) is 35.2 Å². The van der Waals surface area contributed by atoms with Gasteiger partial charge in [0.1, 0.15) is 0 Å². The van der Waals surface area contributed by atoms with Gasteiger partial charge in [-0.2, -0.15) is 0 Å². The molecule has 1 N–H and O–H groups in total. The van der Waals surface area contributed by atoms with Crippen LogP contribution in [0.2, 0.25) is 0 Å². The third-order valence-electron chi connectivity index (χ3n) is 3.74. The number of rotatable bonds is 5. The first-order chi connectivity index (χ1) is 10.6. The lowest BCUT2D eigenvalue weighted by molar-refractivity contribution is 0.194. The van der Waals surface area contributed by atoms with Gasteiger partial charge in [0.25, 0.3) is 0 Å². The summed E-state index contributed by atoms with van der Waals surface area (Å²) in [6, 6.07) is 18.5. The van der Waals surface area contributed by atoms with Crippen molar-refractivity contribution in [2.75, 3.05) is 7.05 Å². The Bertz CT molecular complexity index is 591. The van der Waals surface area contributed by atoms with Gasteiger partial charge in [-0.1, -0.05) is 68.4 Å². The Hall–Kier alpha value is -2.29. The van der Waals surface area contributed by atoms with Crippen molar-refractivity contribution in [1.82, 2.24) is 10.2 Å². The smallest absolute Gasteiger partial charge is 0.317 e. The maximum atomic E-state index is 12.1. The normalized spacial score (nSPS) is 10.5. The van der Waals surface area contributed by atoms with Crippen molar-refractivity contribution >= 4 is 6.03 Å². The van der Waals surface area contributed by atoms with Crippen molar-refractivity contribution in [2.45, 2.75) is 32.9 Å². The lowest BCUT2D eigenvalue weighted by Crippen LogP contribution is -2.37. The summed E-state index contributed by atoms with van der Waals surface area (Å²) >= 11 is 0. The quantitative estimate of drug-likeness (QED) is 0.883. The molecule has 3 nitrogen and oxygen atoms in total. The lowest BCUT2D eigenvalue weighted by Gasteiger charge is -2.22. The zero-order valence-electron chi connectivity index (χ0n) is 13.5. The van der Waals surface area contributed by atoms with Gasteiger partial charge in [-0.05, 0) is 22.6 Å². The average molecular weight is 296 g/mol. The SMILES string of the molecule is CNC(=O)N(Cc1ccccc1)Cc1ccc(C(C)C)cc1. The van der Waals surface area contributed by atoms with E-state index in [1.165, 1.54) is 5.56 Å². The second-order valence-corrected chi connectivity index (χ2v) is 5.79. The van der Waals surface area contributed by atoms with Gasteiger partial charge in [0.15, 0.2) is 0 Å². The molecule has 0 aliphatic carbocycles. The number of amides is 2. The van der Waals surface area contributed by atoms with Gasteiger partial charge in [0.05, 0.1) is 0 Å². The molecule has 2 aromatic rings. The van der Waals surface area contributed by atoms with E-state index < -0.39 is 0 Å². The third kappa shape index (κ3) is 4.35. The van der Waals surface area contributed by atoms with Crippen LogP contribution in [0.1, 0.15) is 36.5 Å². The predicted octanol–water partition coefficient (Wildman–Crippen LogP) is 4.15. The highest BCUT2D eigenvalue weighted by molar-refractivity contribution is 5.73. The topological polar surface area (TPSA) is 32.3 Å². The molecule has 0 aliphatic heterocycles. The molecule has 0 atom stereocenters. The van der Waals surface area contributed by atoms with E-state index in [2.05, 4.69) is 43.4 Å². The third-order valence-corrected chi connectivity index (χ3v) is 3.74. The Labute approximate surface area is 133 Å². The van der Waals surface area contributed by atoms with Crippen LogP contribution in [0.15, 0.2) is 54.6 Å². The molecule has 0 bridgehead atoms. The number of hydrogen-bond donors (Lipinski definition) is 1. The van der Waals surface area contributed by atoms with Gasteiger partial charge in [-0.25, -0.2) is 4.79 Å². The summed E-state index contributed by atoms with van der Waals surface area (Å²) in [5.74, 6) is 0.522. The van der Waals surface area contributed by atoms with E-state index in [0.29, 0.717) is 19.0 Å². The minimum absolute atomic E-state index is 0.0585. The van der Waals surface area contributed by atoms with Crippen molar-refractivity contribution in [1.29, 1.82) is 0 Å². The molecule has 22 heavy (non-hydrogen) atoms. The van der Waals surface area contributed by atoms with Gasteiger partial charge in [0.2, 0.25) is 0 Å². The molecule has 0 saturated heterocycles. The van der Waals surface area contributed by atoms with Crippen LogP contribution in [0.3, 0.4) is 0 Å². The molecule has 0 aromatic heterocycles. The number of nitrogens with one attached hydrogen (secondary N) is 1. The molecule has 2 rings (SSSR count). The average Bonchev–Trinajstić information content (AvgIpc) is 2.55. The van der Waals surface area contributed by atoms with Gasteiger partial charge in [-0.15, -0.1) is 0 Å². The largest absolute Gasteiger partial charge is 0.341 e. The molecule has 116 valence electrons. The van der Waals surface area contributed by atoms with Crippen molar-refractivity contribution < 1.29 is 4.79 Å². The van der Waals surface area contributed by atoms with Crippen molar-refractivity contribution in [3.63, 3.8) is 0 Å². The zero-order valence-corrected chi connectivity index (χ0v) is 13.5. The summed E-state index contributed by atoms with van der Waals surface area (Å²) in [5, 5.41) is 2.72. The molecule has 3 heteroatoms. The Morgan fingerprint density at radius 2 is 1.50 bits per heavy atom. The molecule has 2 aromatic carbocycles. The van der Waals surface area contributed by atoms with E-state index in [0.717, 1.165) is 11.1 Å². The first-order valence-electron chi connectivity index (χ1n) is 7.69. The molecule has 0 radical (unpaired) electrons. The van der Waals surface area contributed by atoms with E-state index >= 15 is 0 Å². The van der Waals surface area contributed by atoms with E-state index in [9.17, 15) is 4.79 Å². The number of benzene rings is 2. The van der Waals surface area contributed by atoms with Crippen molar-refractivity contribution in [3.05, 3.63) is 71.3 Å². The van der Waals surface area contributed by atoms with Gasteiger partial charge in [-0.3, -0.25) is 0 Å². The van der Waals surface area contributed by atoms with Crippen LogP contribution in [-0.4, -0.2) is 18.0 Å². The van der Waals surface area contributed by atoms with Crippen molar-refractivity contribution in [3.8, 4) is 0 Å². The summed E-state index contributed by atoms with van der Waals surface area (Å²) in [7, 11) is 1.67. The zero-order chi connectivity index (χ0) is 15.9. The Morgan fingerprint density at radius 3 is 2.00 bits per heavy atom. The molecule has 0 aliphatic rings. The Kier molecular flexibility index (Phi) is 5.59. The van der Waals surface area contributed by atoms with Crippen molar-refractivity contribution in [2.24, 2.45) is 0 Å².